The van der Waals surface area contributed by atoms with Gasteiger partial charge in [-0.05, 0) is 49.7 Å². The summed E-state index contributed by atoms with van der Waals surface area (Å²) in [6.45, 7) is 2.23. The Morgan fingerprint density at radius 3 is 2.58 bits per heavy atom. The number of aliphatic hydroxyl groups excluding tert-OH is 1. The first kappa shape index (κ1) is 15.6. The maximum atomic E-state index is 9.92. The molecule has 0 bridgehead atoms. The monoisotopic (exact) mass is 287 g/mol. The first-order chi connectivity index (χ1) is 9.34. The summed E-state index contributed by atoms with van der Waals surface area (Å²) >= 11 is 2.07. The van der Waals surface area contributed by atoms with E-state index in [-0.39, 0.29) is 6.10 Å². The molecule has 0 amide bonds. The van der Waals surface area contributed by atoms with Crippen molar-refractivity contribution in [1.29, 1.82) is 0 Å². The maximum absolute atomic E-state index is 9.92. The zero-order valence-corrected chi connectivity index (χ0v) is 12.8. The Hall–Kier alpha value is 0.230. The number of hydrogen-bond donors (Lipinski definition) is 2. The van der Waals surface area contributed by atoms with Crippen LogP contribution in [0.4, 0.5) is 0 Å². The van der Waals surface area contributed by atoms with Crippen molar-refractivity contribution >= 4 is 11.8 Å². The predicted molar refractivity (Wildman–Crippen MR) is 81.8 cm³/mol. The van der Waals surface area contributed by atoms with E-state index in [0.29, 0.717) is 19.3 Å². The standard InChI is InChI=1S/C15H29NO2S/c17-14(12-18-15-4-2-1-3-5-15)11-16-10-13-6-8-19-9-7-13/h13-17H,1-12H2. The molecule has 0 aromatic rings. The number of thioether (sulfide) groups is 1. The van der Waals surface area contributed by atoms with Crippen LogP contribution in [-0.4, -0.2) is 48.5 Å². The molecule has 3 nitrogen and oxygen atoms in total. The van der Waals surface area contributed by atoms with Gasteiger partial charge in [0.25, 0.3) is 0 Å². The molecule has 19 heavy (non-hydrogen) atoms. The molecule has 0 radical (unpaired) electrons. The van der Waals surface area contributed by atoms with E-state index in [1.807, 2.05) is 0 Å². The van der Waals surface area contributed by atoms with Crippen LogP contribution < -0.4 is 5.32 Å². The lowest BCUT2D eigenvalue weighted by molar-refractivity contribution is -0.0231. The second-order valence-corrected chi connectivity index (χ2v) is 7.19. The minimum Gasteiger partial charge on any atom is -0.389 e. The van der Waals surface area contributed by atoms with Crippen LogP contribution in [-0.2, 0) is 4.74 Å². The summed E-state index contributed by atoms with van der Waals surface area (Å²) in [6, 6.07) is 0. The molecule has 1 aliphatic heterocycles. The average Bonchev–Trinajstić information content (AvgIpc) is 2.47. The van der Waals surface area contributed by atoms with E-state index in [2.05, 4.69) is 17.1 Å². The van der Waals surface area contributed by atoms with Crippen LogP contribution in [0.25, 0.3) is 0 Å². The molecule has 4 heteroatoms. The highest BCUT2D eigenvalue weighted by Crippen LogP contribution is 2.22. The van der Waals surface area contributed by atoms with Crippen LogP contribution in [0, 0.1) is 5.92 Å². The SMILES string of the molecule is OC(CNCC1CCSCC1)COC1CCCCC1. The first-order valence-corrected chi connectivity index (χ1v) is 9.08. The number of aliphatic hydroxyl groups is 1. The summed E-state index contributed by atoms with van der Waals surface area (Å²) in [6.07, 6.45) is 9.00. The summed E-state index contributed by atoms with van der Waals surface area (Å²) in [5, 5.41) is 13.3. The van der Waals surface area contributed by atoms with Crippen molar-refractivity contribution in [1.82, 2.24) is 5.32 Å². The van der Waals surface area contributed by atoms with Crippen LogP contribution in [0.1, 0.15) is 44.9 Å². The molecule has 1 aliphatic carbocycles. The van der Waals surface area contributed by atoms with E-state index >= 15 is 0 Å². The highest BCUT2D eigenvalue weighted by molar-refractivity contribution is 7.99. The van der Waals surface area contributed by atoms with Crippen LogP contribution in [0.5, 0.6) is 0 Å². The van der Waals surface area contributed by atoms with Crippen LogP contribution in [0.3, 0.4) is 0 Å². The van der Waals surface area contributed by atoms with Gasteiger partial charge < -0.3 is 15.2 Å². The van der Waals surface area contributed by atoms with Gasteiger partial charge in [-0.3, -0.25) is 0 Å². The van der Waals surface area contributed by atoms with Crippen molar-refractivity contribution in [2.45, 2.75) is 57.2 Å². The topological polar surface area (TPSA) is 41.5 Å². The molecule has 2 rings (SSSR count). The van der Waals surface area contributed by atoms with Crippen LogP contribution >= 0.6 is 11.8 Å². The van der Waals surface area contributed by atoms with Crippen molar-refractivity contribution in [2.75, 3.05) is 31.2 Å². The molecular formula is C15H29NO2S. The highest BCUT2D eigenvalue weighted by Gasteiger charge is 2.16. The Morgan fingerprint density at radius 2 is 1.84 bits per heavy atom. The van der Waals surface area contributed by atoms with Gasteiger partial charge >= 0.3 is 0 Å². The number of hydrogen-bond acceptors (Lipinski definition) is 4. The summed E-state index contributed by atoms with van der Waals surface area (Å²) in [5.41, 5.74) is 0. The quantitative estimate of drug-likeness (QED) is 0.754. The van der Waals surface area contributed by atoms with E-state index in [9.17, 15) is 5.11 Å². The number of nitrogens with one attached hydrogen (secondary N) is 1. The van der Waals surface area contributed by atoms with E-state index < -0.39 is 0 Å². The van der Waals surface area contributed by atoms with E-state index in [0.717, 1.165) is 12.5 Å². The molecule has 0 spiro atoms. The fourth-order valence-electron chi connectivity index (χ4n) is 2.94. The zero-order valence-electron chi connectivity index (χ0n) is 12.0. The van der Waals surface area contributed by atoms with Crippen molar-refractivity contribution in [2.24, 2.45) is 5.92 Å². The summed E-state index contributed by atoms with van der Waals surface area (Å²) in [5.74, 6) is 3.42. The summed E-state index contributed by atoms with van der Waals surface area (Å²) in [7, 11) is 0. The molecule has 1 saturated heterocycles. The Balaban J connectivity index is 1.47. The predicted octanol–water partition coefficient (Wildman–Crippen LogP) is 2.43. The Labute approximate surface area is 121 Å². The minimum atomic E-state index is -0.347. The van der Waals surface area contributed by atoms with Gasteiger partial charge in [-0.25, -0.2) is 0 Å². The van der Waals surface area contributed by atoms with E-state index in [4.69, 9.17) is 4.74 Å². The van der Waals surface area contributed by atoms with E-state index in [1.54, 1.807) is 0 Å². The molecular weight excluding hydrogens is 258 g/mol. The molecule has 1 unspecified atom stereocenters. The second-order valence-electron chi connectivity index (χ2n) is 5.96. The normalized spacial score (nSPS) is 24.5. The maximum Gasteiger partial charge on any atom is 0.0897 e. The highest BCUT2D eigenvalue weighted by atomic mass is 32.2. The molecule has 2 fully saturated rings. The third-order valence-corrected chi connectivity index (χ3v) is 5.28. The molecule has 112 valence electrons. The second kappa shape index (κ2) is 9.22. The molecule has 1 atom stereocenters. The summed E-state index contributed by atoms with van der Waals surface area (Å²) < 4.78 is 5.79. The van der Waals surface area contributed by atoms with Gasteiger partial charge in [0, 0.05) is 6.54 Å². The van der Waals surface area contributed by atoms with Gasteiger partial charge in [-0.2, -0.15) is 11.8 Å². The number of ether oxygens (including phenoxy) is 1. The molecule has 1 saturated carbocycles. The third-order valence-electron chi connectivity index (χ3n) is 4.23. The zero-order chi connectivity index (χ0) is 13.3. The van der Waals surface area contributed by atoms with Gasteiger partial charge in [0.05, 0.1) is 18.8 Å². The van der Waals surface area contributed by atoms with Crippen molar-refractivity contribution in [3.63, 3.8) is 0 Å². The Bertz CT molecular complexity index is 228. The van der Waals surface area contributed by atoms with Gasteiger partial charge in [0.1, 0.15) is 0 Å². The van der Waals surface area contributed by atoms with Gasteiger partial charge in [-0.15, -0.1) is 0 Å². The lowest BCUT2D eigenvalue weighted by atomic mass is 9.98. The van der Waals surface area contributed by atoms with Crippen molar-refractivity contribution in [3.8, 4) is 0 Å². The average molecular weight is 287 g/mol. The van der Waals surface area contributed by atoms with Gasteiger partial charge in [0.2, 0.25) is 0 Å². The lowest BCUT2D eigenvalue weighted by Gasteiger charge is -2.24. The van der Waals surface area contributed by atoms with Crippen LogP contribution in [0.2, 0.25) is 0 Å². The van der Waals surface area contributed by atoms with Crippen molar-refractivity contribution < 1.29 is 9.84 Å². The molecule has 2 aliphatic rings. The van der Waals surface area contributed by atoms with Gasteiger partial charge in [0.15, 0.2) is 0 Å². The summed E-state index contributed by atoms with van der Waals surface area (Å²) in [4.78, 5) is 0. The van der Waals surface area contributed by atoms with E-state index in [1.165, 1.54) is 56.5 Å². The number of rotatable bonds is 7. The minimum absolute atomic E-state index is 0.347. The third kappa shape index (κ3) is 6.48. The molecule has 0 aromatic carbocycles. The lowest BCUT2D eigenvalue weighted by Crippen LogP contribution is -2.35. The molecule has 0 aromatic heterocycles. The Kier molecular flexibility index (Phi) is 7.58. The first-order valence-electron chi connectivity index (χ1n) is 7.92. The fourth-order valence-corrected chi connectivity index (χ4v) is 4.15. The van der Waals surface area contributed by atoms with Crippen molar-refractivity contribution in [3.05, 3.63) is 0 Å². The largest absolute Gasteiger partial charge is 0.389 e. The van der Waals surface area contributed by atoms with Crippen LogP contribution in [0.15, 0.2) is 0 Å². The molecule has 2 N–H and O–H groups in total. The molecule has 1 heterocycles. The Morgan fingerprint density at radius 1 is 1.11 bits per heavy atom. The smallest absolute Gasteiger partial charge is 0.0897 e. The fraction of sp³-hybridized carbons (Fsp3) is 1.00. The van der Waals surface area contributed by atoms with Gasteiger partial charge in [-0.1, -0.05) is 19.3 Å².